The third-order valence-electron chi connectivity index (χ3n) is 2.09. The average molecular weight is 313 g/mol. The van der Waals surface area contributed by atoms with Gasteiger partial charge in [0.1, 0.15) is 10.9 Å². The molecule has 0 saturated carbocycles. The highest BCUT2D eigenvalue weighted by molar-refractivity contribution is 7.92. The van der Waals surface area contributed by atoms with Crippen molar-refractivity contribution in [1.29, 1.82) is 0 Å². The zero-order valence-electron chi connectivity index (χ0n) is 9.46. The third kappa shape index (κ3) is 3.26. The number of rotatable bonds is 5. The Hall–Kier alpha value is -1.55. The number of halogens is 2. The van der Waals surface area contributed by atoms with E-state index < -0.39 is 43.3 Å². The van der Waals surface area contributed by atoms with Crippen molar-refractivity contribution in [2.75, 3.05) is 0 Å². The summed E-state index contributed by atoms with van der Waals surface area (Å²) in [6.07, 6.45) is 0. The van der Waals surface area contributed by atoms with Gasteiger partial charge in [0.05, 0.1) is 4.90 Å². The van der Waals surface area contributed by atoms with Gasteiger partial charge in [0, 0.05) is 0 Å². The molecule has 0 bridgehead atoms. The molecule has 106 valence electrons. The van der Waals surface area contributed by atoms with E-state index in [0.717, 1.165) is 18.4 Å². The van der Waals surface area contributed by atoms with E-state index in [-0.39, 0.29) is 0 Å². The van der Waals surface area contributed by atoms with Crippen molar-refractivity contribution in [3.05, 3.63) is 16.3 Å². The molecule has 0 aliphatic carbocycles. The van der Waals surface area contributed by atoms with Crippen molar-refractivity contribution < 1.29 is 31.9 Å². The maximum Gasteiger partial charge on any atom is 0.341 e. The summed E-state index contributed by atoms with van der Waals surface area (Å²) in [5, 5.41) is 11.8. The molecule has 6 nitrogen and oxygen atoms in total. The lowest BCUT2D eigenvalue weighted by molar-refractivity contribution is -0.138. The Morgan fingerprint density at radius 3 is 2.47 bits per heavy atom. The number of alkyl halides is 2. The van der Waals surface area contributed by atoms with E-state index in [2.05, 4.69) is 0 Å². The standard InChI is InChI=1S/C9H9F2NO5S2/c1-4(8(14)15)12-7(13)6-5(2-3-18-6)19(16,17)9(10)11/h2-4,9H,1H3,(H,12,13)(H,14,15). The number of thiophene rings is 1. The summed E-state index contributed by atoms with van der Waals surface area (Å²) in [4.78, 5) is 20.9. The van der Waals surface area contributed by atoms with Crippen LogP contribution in [0.25, 0.3) is 0 Å². The predicted octanol–water partition coefficient (Wildman–Crippen LogP) is 0.947. The number of carboxylic acids is 1. The lowest BCUT2D eigenvalue weighted by Gasteiger charge is -2.09. The van der Waals surface area contributed by atoms with Gasteiger partial charge in [-0.25, -0.2) is 8.42 Å². The van der Waals surface area contributed by atoms with Crippen LogP contribution < -0.4 is 5.32 Å². The van der Waals surface area contributed by atoms with Crippen LogP contribution in [0, 0.1) is 0 Å². The van der Waals surface area contributed by atoms with Crippen molar-refractivity contribution in [2.24, 2.45) is 0 Å². The molecule has 19 heavy (non-hydrogen) atoms. The highest BCUT2D eigenvalue weighted by atomic mass is 32.2. The van der Waals surface area contributed by atoms with E-state index in [0.29, 0.717) is 11.3 Å². The van der Waals surface area contributed by atoms with Gasteiger partial charge in [-0.15, -0.1) is 11.3 Å². The molecule has 1 heterocycles. The van der Waals surface area contributed by atoms with E-state index in [9.17, 15) is 26.8 Å². The highest BCUT2D eigenvalue weighted by Gasteiger charge is 2.32. The van der Waals surface area contributed by atoms with E-state index >= 15 is 0 Å². The van der Waals surface area contributed by atoms with Crippen molar-refractivity contribution in [1.82, 2.24) is 5.32 Å². The topological polar surface area (TPSA) is 101 Å². The second-order valence-corrected chi connectivity index (χ2v) is 6.26. The molecule has 1 unspecified atom stereocenters. The quantitative estimate of drug-likeness (QED) is 0.843. The Kier molecular flexibility index (Phi) is 4.58. The molecule has 0 aliphatic rings. The first-order valence-electron chi connectivity index (χ1n) is 4.81. The van der Waals surface area contributed by atoms with E-state index in [1.165, 1.54) is 0 Å². The normalized spacial score (nSPS) is 13.3. The Balaban J connectivity index is 3.08. The molecule has 0 fully saturated rings. The third-order valence-corrected chi connectivity index (χ3v) is 4.56. The number of aliphatic carboxylic acids is 1. The molecule has 0 aliphatic heterocycles. The minimum Gasteiger partial charge on any atom is -0.480 e. The molecule has 2 N–H and O–H groups in total. The summed E-state index contributed by atoms with van der Waals surface area (Å²) in [6, 6.07) is -0.385. The number of carbonyl (C=O) groups is 2. The van der Waals surface area contributed by atoms with Gasteiger partial charge in [0.2, 0.25) is 9.84 Å². The van der Waals surface area contributed by atoms with Gasteiger partial charge in [-0.05, 0) is 18.4 Å². The minimum absolute atomic E-state index is 0.464. The van der Waals surface area contributed by atoms with Crippen molar-refractivity contribution in [3.8, 4) is 0 Å². The average Bonchev–Trinajstić information content (AvgIpc) is 2.77. The Bertz CT molecular complexity index is 596. The van der Waals surface area contributed by atoms with Crippen LogP contribution in [0.3, 0.4) is 0 Å². The SMILES string of the molecule is CC(NC(=O)c1sccc1S(=O)(=O)C(F)F)C(=O)O. The van der Waals surface area contributed by atoms with Crippen LogP contribution >= 0.6 is 11.3 Å². The van der Waals surface area contributed by atoms with Crippen LogP contribution in [0.4, 0.5) is 8.78 Å². The second-order valence-electron chi connectivity index (χ2n) is 3.45. The van der Waals surface area contributed by atoms with Crippen LogP contribution in [-0.4, -0.2) is 37.2 Å². The van der Waals surface area contributed by atoms with Gasteiger partial charge in [0.25, 0.3) is 5.91 Å². The molecule has 0 aromatic carbocycles. The summed E-state index contributed by atoms with van der Waals surface area (Å²) in [6.45, 7) is 1.16. The summed E-state index contributed by atoms with van der Waals surface area (Å²) in [7, 11) is -4.90. The minimum atomic E-state index is -4.90. The lowest BCUT2D eigenvalue weighted by Crippen LogP contribution is -2.38. The van der Waals surface area contributed by atoms with Crippen LogP contribution in [0.15, 0.2) is 16.3 Å². The molecule has 1 rings (SSSR count). The largest absolute Gasteiger partial charge is 0.480 e. The van der Waals surface area contributed by atoms with Gasteiger partial charge in [-0.2, -0.15) is 8.78 Å². The molecule has 1 amide bonds. The van der Waals surface area contributed by atoms with Crippen LogP contribution in [0.5, 0.6) is 0 Å². The number of carboxylic acid groups (broad SMARTS) is 1. The predicted molar refractivity (Wildman–Crippen MR) is 62.1 cm³/mol. The fourth-order valence-corrected chi connectivity index (χ4v) is 3.18. The monoisotopic (exact) mass is 313 g/mol. The number of hydrogen-bond acceptors (Lipinski definition) is 5. The Labute approximate surface area is 111 Å². The Morgan fingerprint density at radius 1 is 1.42 bits per heavy atom. The number of sulfone groups is 1. The molecule has 1 aromatic rings. The summed E-state index contributed by atoms with van der Waals surface area (Å²) >= 11 is 0.638. The zero-order valence-corrected chi connectivity index (χ0v) is 11.1. The molecule has 1 atom stereocenters. The maximum atomic E-state index is 12.4. The van der Waals surface area contributed by atoms with Gasteiger partial charge < -0.3 is 10.4 Å². The van der Waals surface area contributed by atoms with E-state index in [1.807, 2.05) is 5.32 Å². The van der Waals surface area contributed by atoms with Crippen molar-refractivity contribution >= 4 is 33.1 Å². The second kappa shape index (κ2) is 5.61. The summed E-state index contributed by atoms with van der Waals surface area (Å²) in [5.41, 5.74) is 0. The van der Waals surface area contributed by atoms with Crippen LogP contribution in [-0.2, 0) is 14.6 Å². The molecular formula is C9H9F2NO5S2. The number of nitrogens with one attached hydrogen (secondary N) is 1. The highest BCUT2D eigenvalue weighted by Crippen LogP contribution is 2.26. The zero-order chi connectivity index (χ0) is 14.8. The fraction of sp³-hybridized carbons (Fsp3) is 0.333. The first-order chi connectivity index (χ1) is 8.67. The molecule has 0 saturated heterocycles. The Morgan fingerprint density at radius 2 is 2.00 bits per heavy atom. The van der Waals surface area contributed by atoms with Gasteiger partial charge in [-0.1, -0.05) is 0 Å². The first-order valence-corrected chi connectivity index (χ1v) is 7.23. The van der Waals surface area contributed by atoms with Gasteiger partial charge in [-0.3, -0.25) is 9.59 Å². The smallest absolute Gasteiger partial charge is 0.341 e. The van der Waals surface area contributed by atoms with Crippen LogP contribution in [0.1, 0.15) is 16.6 Å². The molecule has 10 heteroatoms. The first kappa shape index (κ1) is 15.5. The molecule has 0 spiro atoms. The van der Waals surface area contributed by atoms with Crippen LogP contribution in [0.2, 0.25) is 0 Å². The molecule has 1 aromatic heterocycles. The van der Waals surface area contributed by atoms with Crippen molar-refractivity contribution in [2.45, 2.75) is 23.6 Å². The number of hydrogen-bond donors (Lipinski definition) is 2. The van der Waals surface area contributed by atoms with Gasteiger partial charge >= 0.3 is 11.7 Å². The van der Waals surface area contributed by atoms with Gasteiger partial charge in [0.15, 0.2) is 0 Å². The lowest BCUT2D eigenvalue weighted by atomic mass is 10.3. The summed E-state index contributed by atoms with van der Waals surface area (Å²) in [5.74, 6) is -6.00. The van der Waals surface area contributed by atoms with E-state index in [4.69, 9.17) is 5.11 Å². The van der Waals surface area contributed by atoms with E-state index in [1.54, 1.807) is 0 Å². The number of amides is 1. The van der Waals surface area contributed by atoms with Crippen molar-refractivity contribution in [3.63, 3.8) is 0 Å². The number of carbonyl (C=O) groups excluding carboxylic acids is 1. The molecular weight excluding hydrogens is 304 g/mol. The summed E-state index contributed by atoms with van der Waals surface area (Å²) < 4.78 is 47.4. The fourth-order valence-electron chi connectivity index (χ4n) is 1.11. The molecule has 0 radical (unpaired) electrons. The maximum absolute atomic E-state index is 12.4.